The molecule has 0 spiro atoms. The highest BCUT2D eigenvalue weighted by Crippen LogP contribution is 2.28. The van der Waals surface area contributed by atoms with Crippen LogP contribution < -0.4 is 10.5 Å². The Bertz CT molecular complexity index is 368. The second-order valence-electron chi connectivity index (χ2n) is 2.59. The summed E-state index contributed by atoms with van der Waals surface area (Å²) in [7, 11) is 0. The first-order valence-corrected chi connectivity index (χ1v) is 4.82. The largest absolute Gasteiger partial charge is 0.491 e. The van der Waals surface area contributed by atoms with Crippen LogP contribution in [0.1, 0.15) is 12.5 Å². The first-order chi connectivity index (χ1) is 6.57. The first-order valence-electron chi connectivity index (χ1n) is 4.03. The maximum absolute atomic E-state index is 13.5. The Balaban J connectivity index is 3.19. The molecule has 3 nitrogen and oxygen atoms in total. The van der Waals surface area contributed by atoms with Crippen LogP contribution in [0.2, 0.25) is 0 Å². The number of nitrogen functional groups attached to an aromatic ring is 1. The number of nitrogens with two attached hydrogens (primary N) is 1. The minimum atomic E-state index is -0.528. The van der Waals surface area contributed by atoms with Crippen LogP contribution in [0, 0.1) is 11.2 Å². The topological polar surface area (TPSA) is 59.1 Å². The van der Waals surface area contributed by atoms with Crippen molar-refractivity contribution in [2.75, 3.05) is 6.61 Å². The number of amidine groups is 1. The molecule has 0 aliphatic rings. The van der Waals surface area contributed by atoms with E-state index in [1.165, 1.54) is 6.07 Å². The second kappa shape index (κ2) is 4.41. The van der Waals surface area contributed by atoms with E-state index >= 15 is 0 Å². The molecule has 0 aliphatic carbocycles. The Morgan fingerprint density at radius 2 is 2.29 bits per heavy atom. The molecule has 0 radical (unpaired) electrons. The molecule has 0 aromatic heterocycles. The van der Waals surface area contributed by atoms with Crippen molar-refractivity contribution in [2.24, 2.45) is 5.73 Å². The SMILES string of the molecule is CCOc1ccc(C(=N)N)c(Br)c1F. The van der Waals surface area contributed by atoms with Crippen LogP contribution in [0.25, 0.3) is 0 Å². The van der Waals surface area contributed by atoms with E-state index < -0.39 is 5.82 Å². The van der Waals surface area contributed by atoms with Crippen molar-refractivity contribution in [3.63, 3.8) is 0 Å². The molecule has 3 N–H and O–H groups in total. The van der Waals surface area contributed by atoms with Crippen molar-refractivity contribution < 1.29 is 9.13 Å². The molecule has 0 unspecified atom stereocenters. The Kier molecular flexibility index (Phi) is 3.46. The summed E-state index contributed by atoms with van der Waals surface area (Å²) in [5.41, 5.74) is 5.58. The highest BCUT2D eigenvalue weighted by molar-refractivity contribution is 9.10. The summed E-state index contributed by atoms with van der Waals surface area (Å²) in [6, 6.07) is 3.00. The lowest BCUT2D eigenvalue weighted by molar-refractivity contribution is 0.320. The van der Waals surface area contributed by atoms with Crippen LogP contribution in [0.3, 0.4) is 0 Å². The van der Waals surface area contributed by atoms with Crippen LogP contribution >= 0.6 is 15.9 Å². The third-order valence-electron chi connectivity index (χ3n) is 1.64. The average Bonchev–Trinajstić information content (AvgIpc) is 2.13. The molecular formula is C9H10BrFN2O. The lowest BCUT2D eigenvalue weighted by Crippen LogP contribution is -2.12. The zero-order valence-corrected chi connectivity index (χ0v) is 9.19. The van der Waals surface area contributed by atoms with E-state index in [4.69, 9.17) is 15.9 Å². The summed E-state index contributed by atoms with van der Waals surface area (Å²) >= 11 is 3.03. The van der Waals surface area contributed by atoms with Gasteiger partial charge >= 0.3 is 0 Å². The van der Waals surface area contributed by atoms with Crippen molar-refractivity contribution >= 4 is 21.8 Å². The number of benzene rings is 1. The van der Waals surface area contributed by atoms with Crippen LogP contribution in [0.15, 0.2) is 16.6 Å². The zero-order chi connectivity index (χ0) is 10.7. The average molecular weight is 261 g/mol. The fraction of sp³-hybridized carbons (Fsp3) is 0.222. The number of hydrogen-bond donors (Lipinski definition) is 2. The molecule has 1 rings (SSSR count). The van der Waals surface area contributed by atoms with Gasteiger partial charge in [0.15, 0.2) is 11.6 Å². The molecule has 1 aromatic carbocycles. The molecule has 0 saturated carbocycles. The third-order valence-corrected chi connectivity index (χ3v) is 2.41. The molecule has 0 amide bonds. The van der Waals surface area contributed by atoms with Gasteiger partial charge in [0.2, 0.25) is 0 Å². The van der Waals surface area contributed by atoms with Crippen LogP contribution in [0.4, 0.5) is 4.39 Å². The summed E-state index contributed by atoms with van der Waals surface area (Å²) in [5.74, 6) is -0.553. The van der Waals surface area contributed by atoms with Crippen LogP contribution in [-0.4, -0.2) is 12.4 Å². The van der Waals surface area contributed by atoms with E-state index in [-0.39, 0.29) is 16.1 Å². The van der Waals surface area contributed by atoms with Crippen molar-refractivity contribution in [1.82, 2.24) is 0 Å². The molecule has 0 saturated heterocycles. The Labute approximate surface area is 89.7 Å². The van der Waals surface area contributed by atoms with E-state index in [2.05, 4.69) is 15.9 Å². The summed E-state index contributed by atoms with van der Waals surface area (Å²) in [5, 5.41) is 7.19. The lowest BCUT2D eigenvalue weighted by Gasteiger charge is -2.08. The van der Waals surface area contributed by atoms with E-state index in [0.29, 0.717) is 12.2 Å². The Hall–Kier alpha value is -1.10. The van der Waals surface area contributed by atoms with Gasteiger partial charge < -0.3 is 10.5 Å². The fourth-order valence-corrected chi connectivity index (χ4v) is 1.55. The van der Waals surface area contributed by atoms with Crippen LogP contribution in [0.5, 0.6) is 5.75 Å². The zero-order valence-electron chi connectivity index (χ0n) is 7.60. The maximum Gasteiger partial charge on any atom is 0.179 e. The van der Waals surface area contributed by atoms with Crippen molar-refractivity contribution in [2.45, 2.75) is 6.92 Å². The summed E-state index contributed by atoms with van der Waals surface area (Å²) in [6.07, 6.45) is 0. The molecule has 0 fully saturated rings. The van der Waals surface area contributed by atoms with Gasteiger partial charge in [0.25, 0.3) is 0 Å². The predicted molar refractivity (Wildman–Crippen MR) is 56.3 cm³/mol. The molecule has 1 aromatic rings. The Morgan fingerprint density at radius 1 is 1.64 bits per heavy atom. The Morgan fingerprint density at radius 3 is 2.79 bits per heavy atom. The summed E-state index contributed by atoms with van der Waals surface area (Å²) in [4.78, 5) is 0. The summed E-state index contributed by atoms with van der Waals surface area (Å²) < 4.78 is 18.7. The van der Waals surface area contributed by atoms with Crippen molar-refractivity contribution in [1.29, 1.82) is 5.41 Å². The van der Waals surface area contributed by atoms with Gasteiger partial charge in [0.05, 0.1) is 11.1 Å². The number of ether oxygens (including phenoxy) is 1. The molecule has 14 heavy (non-hydrogen) atoms. The normalized spacial score (nSPS) is 9.93. The van der Waals surface area contributed by atoms with E-state index in [1.54, 1.807) is 13.0 Å². The lowest BCUT2D eigenvalue weighted by atomic mass is 10.2. The highest BCUT2D eigenvalue weighted by atomic mass is 79.9. The number of nitrogens with one attached hydrogen (secondary N) is 1. The number of hydrogen-bond acceptors (Lipinski definition) is 2. The first kappa shape index (κ1) is 11.0. The highest BCUT2D eigenvalue weighted by Gasteiger charge is 2.13. The third kappa shape index (κ3) is 2.04. The number of rotatable bonds is 3. The maximum atomic E-state index is 13.5. The van der Waals surface area contributed by atoms with Gasteiger partial charge in [-0.3, -0.25) is 5.41 Å². The minimum absolute atomic E-state index is 0.157. The number of halogens is 2. The molecule has 76 valence electrons. The van der Waals surface area contributed by atoms with Crippen LogP contribution in [-0.2, 0) is 0 Å². The van der Waals surface area contributed by atoms with E-state index in [1.807, 2.05) is 0 Å². The van der Waals surface area contributed by atoms with E-state index in [0.717, 1.165) is 0 Å². The molecule has 0 atom stereocenters. The van der Waals surface area contributed by atoms with Crippen molar-refractivity contribution in [3.8, 4) is 5.75 Å². The van der Waals surface area contributed by atoms with Gasteiger partial charge in [0, 0.05) is 5.56 Å². The van der Waals surface area contributed by atoms with Gasteiger partial charge in [-0.25, -0.2) is 4.39 Å². The van der Waals surface area contributed by atoms with E-state index in [9.17, 15) is 4.39 Å². The van der Waals surface area contributed by atoms with Gasteiger partial charge in [-0.2, -0.15) is 0 Å². The van der Waals surface area contributed by atoms with Gasteiger partial charge in [0.1, 0.15) is 5.84 Å². The molecule has 0 bridgehead atoms. The second-order valence-corrected chi connectivity index (χ2v) is 3.38. The smallest absolute Gasteiger partial charge is 0.179 e. The van der Waals surface area contributed by atoms with Gasteiger partial charge in [-0.15, -0.1) is 0 Å². The molecule has 0 aliphatic heterocycles. The van der Waals surface area contributed by atoms with Gasteiger partial charge in [-0.1, -0.05) is 0 Å². The monoisotopic (exact) mass is 260 g/mol. The van der Waals surface area contributed by atoms with Gasteiger partial charge in [-0.05, 0) is 35.0 Å². The minimum Gasteiger partial charge on any atom is -0.491 e. The molecule has 0 heterocycles. The standard InChI is InChI=1S/C9H10BrFN2O/c1-2-14-6-4-3-5(9(12)13)7(10)8(6)11/h3-4H,2H2,1H3,(H3,12,13). The quantitative estimate of drug-likeness (QED) is 0.647. The predicted octanol–water partition coefficient (Wildman–Crippen LogP) is 2.27. The van der Waals surface area contributed by atoms with Crippen molar-refractivity contribution in [3.05, 3.63) is 28.0 Å². The fourth-order valence-electron chi connectivity index (χ4n) is 1.01. The summed E-state index contributed by atoms with van der Waals surface area (Å²) in [6.45, 7) is 2.16. The molecular weight excluding hydrogens is 251 g/mol. The molecule has 5 heteroatoms.